The summed E-state index contributed by atoms with van der Waals surface area (Å²) < 4.78 is 0. The molecule has 0 aliphatic rings. The zero-order valence-corrected chi connectivity index (χ0v) is 14.1. The van der Waals surface area contributed by atoms with Gasteiger partial charge >= 0.3 is 0 Å². The molecule has 1 aromatic heterocycles. The Labute approximate surface area is 137 Å². The standard InChI is InChI=1S/C13H15NO.C6H6S/c1-4-10-6-13-11(5-8(10)2)7-12(14-13)9(3)15;7-6-4-2-1-3-5-6/h5-7,14H,4H2,1-3H3;1-5,7H. The van der Waals surface area contributed by atoms with Gasteiger partial charge in [0, 0.05) is 22.7 Å². The number of Topliss-reactive ketones (excluding diaryl/α,β-unsaturated/α-hetero) is 1. The molecule has 3 heteroatoms. The number of carbonyl (C=O) groups is 1. The second-order valence-electron chi connectivity index (χ2n) is 5.29. The van der Waals surface area contributed by atoms with E-state index in [1.54, 1.807) is 6.92 Å². The number of fused-ring (bicyclic) bond motifs is 1. The molecule has 22 heavy (non-hydrogen) atoms. The average Bonchev–Trinajstić information content (AvgIpc) is 2.91. The van der Waals surface area contributed by atoms with Crippen LogP contribution in [0.4, 0.5) is 0 Å². The number of ketones is 1. The molecule has 0 amide bonds. The van der Waals surface area contributed by atoms with E-state index >= 15 is 0 Å². The quantitative estimate of drug-likeness (QED) is 0.494. The highest BCUT2D eigenvalue weighted by Gasteiger charge is 2.06. The lowest BCUT2D eigenvalue weighted by Gasteiger charge is -2.02. The van der Waals surface area contributed by atoms with Crippen LogP contribution in [0.15, 0.2) is 53.4 Å². The fourth-order valence-electron chi connectivity index (χ4n) is 2.34. The minimum atomic E-state index is 0.0851. The number of rotatable bonds is 2. The van der Waals surface area contributed by atoms with Gasteiger partial charge in [-0.2, -0.15) is 0 Å². The summed E-state index contributed by atoms with van der Waals surface area (Å²) in [7, 11) is 0. The molecule has 3 rings (SSSR count). The van der Waals surface area contributed by atoms with Gasteiger partial charge in [0.05, 0.1) is 5.69 Å². The summed E-state index contributed by atoms with van der Waals surface area (Å²) >= 11 is 4.08. The van der Waals surface area contributed by atoms with Crippen LogP contribution in [-0.2, 0) is 6.42 Å². The van der Waals surface area contributed by atoms with Crippen LogP contribution in [-0.4, -0.2) is 10.8 Å². The predicted octanol–water partition coefficient (Wildman–Crippen LogP) is 5.22. The Balaban J connectivity index is 0.000000211. The smallest absolute Gasteiger partial charge is 0.175 e. The zero-order chi connectivity index (χ0) is 16.1. The number of hydrogen-bond acceptors (Lipinski definition) is 2. The maximum absolute atomic E-state index is 11.2. The van der Waals surface area contributed by atoms with Gasteiger partial charge < -0.3 is 4.98 Å². The minimum absolute atomic E-state index is 0.0851. The lowest BCUT2D eigenvalue weighted by atomic mass is 10.0. The van der Waals surface area contributed by atoms with Crippen molar-refractivity contribution in [3.63, 3.8) is 0 Å². The first-order chi connectivity index (χ1) is 10.5. The Morgan fingerprint density at radius 1 is 1.14 bits per heavy atom. The maximum atomic E-state index is 11.2. The van der Waals surface area contributed by atoms with Crippen molar-refractivity contribution in [1.29, 1.82) is 0 Å². The van der Waals surface area contributed by atoms with Crippen molar-refractivity contribution in [2.24, 2.45) is 0 Å². The molecule has 1 heterocycles. The van der Waals surface area contributed by atoms with Crippen molar-refractivity contribution in [3.05, 3.63) is 65.4 Å². The monoisotopic (exact) mass is 311 g/mol. The van der Waals surface area contributed by atoms with Gasteiger partial charge in [-0.1, -0.05) is 25.1 Å². The van der Waals surface area contributed by atoms with Gasteiger partial charge in [-0.15, -0.1) is 12.6 Å². The van der Waals surface area contributed by atoms with E-state index in [-0.39, 0.29) is 5.78 Å². The number of aromatic nitrogens is 1. The van der Waals surface area contributed by atoms with Crippen molar-refractivity contribution >= 4 is 29.3 Å². The summed E-state index contributed by atoms with van der Waals surface area (Å²) in [6, 6.07) is 16.0. The highest BCUT2D eigenvalue weighted by atomic mass is 32.1. The minimum Gasteiger partial charge on any atom is -0.352 e. The van der Waals surface area contributed by atoms with Crippen LogP contribution in [0.3, 0.4) is 0 Å². The molecule has 0 fully saturated rings. The van der Waals surface area contributed by atoms with Gasteiger partial charge in [0.25, 0.3) is 0 Å². The summed E-state index contributed by atoms with van der Waals surface area (Å²) in [5, 5.41) is 1.12. The summed E-state index contributed by atoms with van der Waals surface area (Å²) in [6.45, 7) is 5.83. The Hall–Kier alpha value is -2.00. The normalized spacial score (nSPS) is 10.2. The predicted molar refractivity (Wildman–Crippen MR) is 96.1 cm³/mol. The van der Waals surface area contributed by atoms with E-state index in [1.165, 1.54) is 11.1 Å². The second-order valence-corrected chi connectivity index (χ2v) is 5.81. The number of nitrogens with one attached hydrogen (secondary N) is 1. The van der Waals surface area contributed by atoms with Gasteiger partial charge in [0.2, 0.25) is 0 Å². The summed E-state index contributed by atoms with van der Waals surface area (Å²) in [5.74, 6) is 0.0851. The molecule has 0 radical (unpaired) electrons. The zero-order valence-electron chi connectivity index (χ0n) is 13.2. The van der Waals surface area contributed by atoms with Crippen LogP contribution in [0.5, 0.6) is 0 Å². The van der Waals surface area contributed by atoms with E-state index in [1.807, 2.05) is 36.4 Å². The number of benzene rings is 2. The molecule has 0 unspecified atom stereocenters. The molecule has 1 N–H and O–H groups in total. The largest absolute Gasteiger partial charge is 0.352 e. The molecule has 114 valence electrons. The molecular formula is C19H21NOS. The van der Waals surface area contributed by atoms with Crippen LogP contribution in [0, 0.1) is 6.92 Å². The van der Waals surface area contributed by atoms with E-state index < -0.39 is 0 Å². The third kappa shape index (κ3) is 4.01. The first-order valence-corrected chi connectivity index (χ1v) is 7.83. The molecule has 0 bridgehead atoms. The number of carbonyl (C=O) groups excluding carboxylic acids is 1. The Morgan fingerprint density at radius 3 is 2.32 bits per heavy atom. The second kappa shape index (κ2) is 7.32. The Morgan fingerprint density at radius 2 is 1.82 bits per heavy atom. The van der Waals surface area contributed by atoms with Gasteiger partial charge in [0.15, 0.2) is 5.78 Å². The highest BCUT2D eigenvalue weighted by Crippen LogP contribution is 2.21. The van der Waals surface area contributed by atoms with Crippen molar-refractivity contribution in [1.82, 2.24) is 4.98 Å². The van der Waals surface area contributed by atoms with Crippen molar-refractivity contribution in [2.45, 2.75) is 32.1 Å². The topological polar surface area (TPSA) is 32.9 Å². The molecule has 3 aromatic rings. The molecule has 0 spiro atoms. The Kier molecular flexibility index (Phi) is 5.45. The number of aromatic amines is 1. The summed E-state index contributed by atoms with van der Waals surface area (Å²) in [5.41, 5.74) is 4.37. The highest BCUT2D eigenvalue weighted by molar-refractivity contribution is 7.80. The molecule has 0 saturated carbocycles. The van der Waals surface area contributed by atoms with Gasteiger partial charge in [-0.25, -0.2) is 0 Å². The fraction of sp³-hybridized carbons (Fsp3) is 0.211. The maximum Gasteiger partial charge on any atom is 0.175 e. The van der Waals surface area contributed by atoms with E-state index in [9.17, 15) is 4.79 Å². The number of aryl methyl sites for hydroxylation is 2. The van der Waals surface area contributed by atoms with E-state index in [0.717, 1.165) is 22.2 Å². The first-order valence-electron chi connectivity index (χ1n) is 7.38. The van der Waals surface area contributed by atoms with Crippen molar-refractivity contribution in [2.75, 3.05) is 0 Å². The molecule has 0 atom stereocenters. The number of hydrogen-bond donors (Lipinski definition) is 2. The Bertz CT molecular complexity index is 775. The van der Waals surface area contributed by atoms with Crippen LogP contribution in [0.1, 0.15) is 35.5 Å². The van der Waals surface area contributed by atoms with E-state index in [2.05, 4.69) is 43.6 Å². The summed E-state index contributed by atoms with van der Waals surface area (Å²) in [6.07, 6.45) is 1.02. The van der Waals surface area contributed by atoms with Crippen molar-refractivity contribution in [3.8, 4) is 0 Å². The lowest BCUT2D eigenvalue weighted by Crippen LogP contribution is -1.90. The molecule has 0 aliphatic carbocycles. The number of H-pyrrole nitrogens is 1. The molecule has 2 aromatic carbocycles. The lowest BCUT2D eigenvalue weighted by molar-refractivity contribution is 0.101. The first kappa shape index (κ1) is 16.4. The van der Waals surface area contributed by atoms with Crippen LogP contribution in [0.2, 0.25) is 0 Å². The van der Waals surface area contributed by atoms with Crippen molar-refractivity contribution < 1.29 is 4.79 Å². The van der Waals surface area contributed by atoms with Gasteiger partial charge in [-0.3, -0.25) is 4.79 Å². The third-order valence-electron chi connectivity index (χ3n) is 3.59. The summed E-state index contributed by atoms with van der Waals surface area (Å²) in [4.78, 5) is 15.4. The molecular weight excluding hydrogens is 290 g/mol. The molecule has 2 nitrogen and oxygen atoms in total. The van der Waals surface area contributed by atoms with Gasteiger partial charge in [0.1, 0.15) is 0 Å². The molecule has 0 saturated heterocycles. The van der Waals surface area contributed by atoms with E-state index in [0.29, 0.717) is 5.69 Å². The van der Waals surface area contributed by atoms with Crippen LogP contribution >= 0.6 is 12.6 Å². The fourth-order valence-corrected chi connectivity index (χ4v) is 2.51. The van der Waals surface area contributed by atoms with E-state index in [4.69, 9.17) is 0 Å². The number of thiol groups is 1. The van der Waals surface area contributed by atoms with Crippen LogP contribution in [0.25, 0.3) is 10.9 Å². The molecule has 0 aliphatic heterocycles. The third-order valence-corrected chi connectivity index (χ3v) is 3.89. The SMILES string of the molecule is CCc1cc2[nH]c(C(C)=O)cc2cc1C.Sc1ccccc1. The average molecular weight is 311 g/mol. The van der Waals surface area contributed by atoms with Crippen LogP contribution < -0.4 is 0 Å². The van der Waals surface area contributed by atoms with Gasteiger partial charge in [-0.05, 0) is 54.8 Å².